The molecule has 0 aliphatic carbocycles. The first kappa shape index (κ1) is 9.31. The van der Waals surface area contributed by atoms with Crippen LogP contribution in [0.15, 0.2) is 0 Å². The molecule has 9 heavy (non-hydrogen) atoms. The van der Waals surface area contributed by atoms with Crippen LogP contribution in [0.3, 0.4) is 0 Å². The van der Waals surface area contributed by atoms with E-state index in [1.54, 1.807) is 0 Å². The quantitative estimate of drug-likeness (QED) is 0.591. The summed E-state index contributed by atoms with van der Waals surface area (Å²) in [6.45, 7) is 5.00. The minimum Gasteiger partial charge on any atom is -0.379 e. The molecule has 0 aliphatic rings. The van der Waals surface area contributed by atoms with Crippen molar-refractivity contribution in [3.05, 3.63) is 0 Å². The maximum absolute atomic E-state index is 5.33. The Kier molecular flexibility index (Phi) is 6.65. The number of ether oxygens (including phenoxy) is 1. The maximum Gasteiger partial charge on any atom is 0.0554 e. The molecule has 1 atom stereocenters. The van der Waals surface area contributed by atoms with Crippen LogP contribution in [0.1, 0.15) is 20.3 Å². The third-order valence-corrected chi connectivity index (χ3v) is 1.82. The van der Waals surface area contributed by atoms with Crippen LogP contribution in [0.25, 0.3) is 0 Å². The molecule has 0 N–H and O–H groups in total. The second-order valence-corrected chi connectivity index (χ2v) is 3.03. The van der Waals surface area contributed by atoms with E-state index in [1.165, 1.54) is 12.2 Å². The molecule has 0 amide bonds. The highest BCUT2D eigenvalue weighted by Crippen LogP contribution is 2.02. The van der Waals surface area contributed by atoms with Crippen LogP contribution in [-0.4, -0.2) is 24.7 Å². The Balaban J connectivity index is 2.95. The smallest absolute Gasteiger partial charge is 0.0554 e. The van der Waals surface area contributed by atoms with Gasteiger partial charge >= 0.3 is 0 Å². The molecule has 0 bridgehead atoms. The Morgan fingerprint density at radius 1 is 1.56 bits per heavy atom. The van der Waals surface area contributed by atoms with Gasteiger partial charge in [0.05, 0.1) is 6.10 Å². The highest BCUT2D eigenvalue weighted by molar-refractivity contribution is 7.98. The van der Waals surface area contributed by atoms with Gasteiger partial charge in [-0.3, -0.25) is 0 Å². The molecule has 0 saturated carbocycles. The first-order valence-electron chi connectivity index (χ1n) is 3.41. The van der Waals surface area contributed by atoms with Crippen molar-refractivity contribution in [3.63, 3.8) is 0 Å². The zero-order valence-corrected chi connectivity index (χ0v) is 7.33. The van der Waals surface area contributed by atoms with Crippen LogP contribution in [0.2, 0.25) is 0 Å². The number of hydrogen-bond donors (Lipinski definition) is 0. The van der Waals surface area contributed by atoms with Crippen LogP contribution in [0, 0.1) is 0 Å². The average molecular weight is 148 g/mol. The summed E-state index contributed by atoms with van der Waals surface area (Å²) in [4.78, 5) is 0. The van der Waals surface area contributed by atoms with Crippen molar-refractivity contribution in [1.82, 2.24) is 0 Å². The maximum atomic E-state index is 5.33. The van der Waals surface area contributed by atoms with Gasteiger partial charge in [0.25, 0.3) is 0 Å². The Morgan fingerprint density at radius 3 is 2.67 bits per heavy atom. The fourth-order valence-electron chi connectivity index (χ4n) is 0.652. The summed E-state index contributed by atoms with van der Waals surface area (Å²) in [6, 6.07) is 0. The van der Waals surface area contributed by atoms with Gasteiger partial charge in [-0.05, 0) is 32.3 Å². The molecule has 1 unspecified atom stereocenters. The van der Waals surface area contributed by atoms with Crippen LogP contribution in [0.5, 0.6) is 0 Å². The van der Waals surface area contributed by atoms with Gasteiger partial charge in [0.15, 0.2) is 0 Å². The summed E-state index contributed by atoms with van der Waals surface area (Å²) >= 11 is 1.88. The van der Waals surface area contributed by atoms with Crippen LogP contribution >= 0.6 is 11.8 Å². The SMILES string of the molecule is CCOC(C)CCSC. The molecule has 56 valence electrons. The van der Waals surface area contributed by atoms with E-state index in [4.69, 9.17) is 4.74 Å². The molecular weight excluding hydrogens is 132 g/mol. The summed E-state index contributed by atoms with van der Waals surface area (Å²) in [5.41, 5.74) is 0. The lowest BCUT2D eigenvalue weighted by molar-refractivity contribution is 0.0748. The standard InChI is InChI=1S/C7H16OS/c1-4-8-7(2)5-6-9-3/h7H,4-6H2,1-3H3. The Hall–Kier alpha value is 0.310. The molecule has 0 aromatic heterocycles. The second kappa shape index (κ2) is 6.43. The Labute approximate surface area is 62.2 Å². The van der Waals surface area contributed by atoms with Crippen molar-refractivity contribution in [3.8, 4) is 0 Å². The normalized spacial score (nSPS) is 13.7. The molecule has 0 aromatic carbocycles. The van der Waals surface area contributed by atoms with Gasteiger partial charge in [0.2, 0.25) is 0 Å². The number of rotatable bonds is 5. The van der Waals surface area contributed by atoms with Gasteiger partial charge in [-0.15, -0.1) is 0 Å². The third kappa shape index (κ3) is 6.19. The van der Waals surface area contributed by atoms with Gasteiger partial charge in [-0.25, -0.2) is 0 Å². The van der Waals surface area contributed by atoms with Crippen LogP contribution in [-0.2, 0) is 4.74 Å². The first-order valence-corrected chi connectivity index (χ1v) is 4.81. The van der Waals surface area contributed by atoms with Crippen molar-refractivity contribution in [2.24, 2.45) is 0 Å². The van der Waals surface area contributed by atoms with Gasteiger partial charge in [-0.2, -0.15) is 11.8 Å². The second-order valence-electron chi connectivity index (χ2n) is 2.05. The number of thioether (sulfide) groups is 1. The predicted molar refractivity (Wildman–Crippen MR) is 44.1 cm³/mol. The summed E-state index contributed by atoms with van der Waals surface area (Å²) in [5, 5.41) is 0. The van der Waals surface area contributed by atoms with Gasteiger partial charge < -0.3 is 4.74 Å². The molecule has 0 aliphatic heterocycles. The minimum absolute atomic E-state index is 0.447. The monoisotopic (exact) mass is 148 g/mol. The molecule has 2 heteroatoms. The van der Waals surface area contributed by atoms with Gasteiger partial charge in [0.1, 0.15) is 0 Å². The van der Waals surface area contributed by atoms with E-state index in [0.29, 0.717) is 6.10 Å². The fraction of sp³-hybridized carbons (Fsp3) is 1.00. The molecule has 1 nitrogen and oxygen atoms in total. The molecule has 0 heterocycles. The van der Waals surface area contributed by atoms with E-state index < -0.39 is 0 Å². The van der Waals surface area contributed by atoms with E-state index in [2.05, 4.69) is 13.2 Å². The lowest BCUT2D eigenvalue weighted by atomic mass is 10.3. The zero-order valence-electron chi connectivity index (χ0n) is 6.52. The summed E-state index contributed by atoms with van der Waals surface area (Å²) < 4.78 is 5.33. The fourth-order valence-corrected chi connectivity index (χ4v) is 1.22. The van der Waals surface area contributed by atoms with Crippen molar-refractivity contribution in [2.75, 3.05) is 18.6 Å². The lowest BCUT2D eigenvalue weighted by Gasteiger charge is -2.09. The molecule has 0 saturated heterocycles. The van der Waals surface area contributed by atoms with E-state index in [0.717, 1.165) is 6.61 Å². The van der Waals surface area contributed by atoms with Crippen LogP contribution < -0.4 is 0 Å². The van der Waals surface area contributed by atoms with E-state index in [9.17, 15) is 0 Å². The molecule has 0 fully saturated rings. The highest BCUT2D eigenvalue weighted by Gasteiger charge is 1.97. The van der Waals surface area contributed by atoms with Crippen LogP contribution in [0.4, 0.5) is 0 Å². The van der Waals surface area contributed by atoms with Gasteiger partial charge in [-0.1, -0.05) is 0 Å². The van der Waals surface area contributed by atoms with Gasteiger partial charge in [0, 0.05) is 6.61 Å². The van der Waals surface area contributed by atoms with Crippen molar-refractivity contribution < 1.29 is 4.74 Å². The summed E-state index contributed by atoms with van der Waals surface area (Å²) in [7, 11) is 0. The largest absolute Gasteiger partial charge is 0.379 e. The van der Waals surface area contributed by atoms with Crippen molar-refractivity contribution in [2.45, 2.75) is 26.4 Å². The van der Waals surface area contributed by atoms with E-state index >= 15 is 0 Å². The van der Waals surface area contributed by atoms with E-state index in [1.807, 2.05) is 18.7 Å². The molecule has 0 aromatic rings. The number of hydrogen-bond acceptors (Lipinski definition) is 2. The first-order chi connectivity index (χ1) is 4.31. The lowest BCUT2D eigenvalue weighted by Crippen LogP contribution is -2.08. The average Bonchev–Trinajstić information content (AvgIpc) is 1.85. The van der Waals surface area contributed by atoms with Crippen molar-refractivity contribution >= 4 is 11.8 Å². The molecule has 0 rings (SSSR count). The Morgan fingerprint density at radius 2 is 2.22 bits per heavy atom. The van der Waals surface area contributed by atoms with E-state index in [-0.39, 0.29) is 0 Å². The Bertz CT molecular complexity index is 56.9. The van der Waals surface area contributed by atoms with Crippen molar-refractivity contribution in [1.29, 1.82) is 0 Å². The summed E-state index contributed by atoms with van der Waals surface area (Å²) in [6.07, 6.45) is 3.75. The molecule has 0 radical (unpaired) electrons. The third-order valence-electron chi connectivity index (χ3n) is 1.18. The predicted octanol–water partition coefficient (Wildman–Crippen LogP) is 2.16. The zero-order chi connectivity index (χ0) is 7.11. The topological polar surface area (TPSA) is 9.23 Å². The highest BCUT2D eigenvalue weighted by atomic mass is 32.2. The molecule has 0 spiro atoms. The summed E-state index contributed by atoms with van der Waals surface area (Å²) in [5.74, 6) is 1.21. The molecular formula is C7H16OS. The minimum atomic E-state index is 0.447.